The van der Waals surface area contributed by atoms with Crippen molar-refractivity contribution in [1.82, 2.24) is 4.90 Å². The molecule has 0 bridgehead atoms. The minimum atomic E-state index is -0.988. The third kappa shape index (κ3) is 3.37. The number of nitrogens with zero attached hydrogens (tertiary/aromatic N) is 1. The van der Waals surface area contributed by atoms with Crippen molar-refractivity contribution in [3.05, 3.63) is 29.3 Å². The van der Waals surface area contributed by atoms with Crippen LogP contribution in [-0.4, -0.2) is 45.7 Å². The molecule has 7 heteroatoms. The van der Waals surface area contributed by atoms with Crippen molar-refractivity contribution in [1.29, 1.82) is 0 Å². The number of thioether (sulfide) groups is 1. The highest BCUT2D eigenvalue weighted by Crippen LogP contribution is 2.24. The molecular weight excluding hydrogens is 302 g/mol. The van der Waals surface area contributed by atoms with Crippen molar-refractivity contribution < 1.29 is 19.4 Å². The Morgan fingerprint density at radius 3 is 2.95 bits per heavy atom. The number of carbonyl (C=O) groups excluding carboxylic acids is 1. The second kappa shape index (κ2) is 6.37. The van der Waals surface area contributed by atoms with E-state index in [9.17, 15) is 9.59 Å². The van der Waals surface area contributed by atoms with Gasteiger partial charge < -0.3 is 14.7 Å². The van der Waals surface area contributed by atoms with Gasteiger partial charge in [0.15, 0.2) is 6.10 Å². The SMILES string of the molecule is CC(Oc1cccc(Cl)c1)C(=O)N1CSC[C@H]1C(=O)O. The van der Waals surface area contributed by atoms with Gasteiger partial charge in [-0.3, -0.25) is 4.79 Å². The van der Waals surface area contributed by atoms with Gasteiger partial charge in [0.25, 0.3) is 5.91 Å². The third-order valence-electron chi connectivity index (χ3n) is 2.91. The predicted molar refractivity (Wildman–Crippen MR) is 77.1 cm³/mol. The van der Waals surface area contributed by atoms with Gasteiger partial charge in [-0.25, -0.2) is 4.79 Å². The molecule has 1 heterocycles. The Balaban J connectivity index is 2.03. The molecule has 108 valence electrons. The van der Waals surface area contributed by atoms with Gasteiger partial charge >= 0.3 is 5.97 Å². The zero-order valence-corrected chi connectivity index (χ0v) is 12.4. The number of carbonyl (C=O) groups is 2. The number of benzene rings is 1. The Bertz CT molecular complexity index is 525. The van der Waals surface area contributed by atoms with Gasteiger partial charge in [-0.15, -0.1) is 11.8 Å². The normalized spacial score (nSPS) is 19.7. The van der Waals surface area contributed by atoms with Crippen molar-refractivity contribution >= 4 is 35.2 Å². The van der Waals surface area contributed by atoms with E-state index in [4.69, 9.17) is 21.4 Å². The van der Waals surface area contributed by atoms with Crippen LogP contribution in [0.15, 0.2) is 24.3 Å². The Morgan fingerprint density at radius 1 is 1.55 bits per heavy atom. The molecule has 1 aliphatic heterocycles. The Labute approximate surface area is 125 Å². The second-order valence-corrected chi connectivity index (χ2v) is 5.82. The van der Waals surface area contributed by atoms with E-state index >= 15 is 0 Å². The summed E-state index contributed by atoms with van der Waals surface area (Å²) in [5.74, 6) is -0.0537. The fourth-order valence-corrected chi connectivity index (χ4v) is 3.23. The molecule has 0 spiro atoms. The molecule has 1 aliphatic rings. The largest absolute Gasteiger partial charge is 0.481 e. The van der Waals surface area contributed by atoms with Gasteiger partial charge in [0.2, 0.25) is 0 Å². The zero-order chi connectivity index (χ0) is 14.7. The first-order valence-corrected chi connectivity index (χ1v) is 7.55. The van der Waals surface area contributed by atoms with Crippen LogP contribution >= 0.6 is 23.4 Å². The van der Waals surface area contributed by atoms with Crippen LogP contribution in [0.25, 0.3) is 0 Å². The topological polar surface area (TPSA) is 66.8 Å². The molecule has 1 saturated heterocycles. The van der Waals surface area contributed by atoms with E-state index in [0.717, 1.165) is 0 Å². The zero-order valence-electron chi connectivity index (χ0n) is 10.8. The molecular formula is C13H14ClNO4S. The molecule has 2 rings (SSSR count). The number of aliphatic carboxylic acids is 1. The number of amides is 1. The van der Waals surface area contributed by atoms with Crippen molar-refractivity contribution in [3.8, 4) is 5.75 Å². The summed E-state index contributed by atoms with van der Waals surface area (Å²) in [6.45, 7) is 1.60. The van der Waals surface area contributed by atoms with Crippen LogP contribution in [-0.2, 0) is 9.59 Å². The Morgan fingerprint density at radius 2 is 2.30 bits per heavy atom. The first-order valence-electron chi connectivity index (χ1n) is 6.02. The average molecular weight is 316 g/mol. The van der Waals surface area contributed by atoms with Crippen LogP contribution in [0.5, 0.6) is 5.75 Å². The lowest BCUT2D eigenvalue weighted by molar-refractivity contribution is -0.150. The molecule has 0 aliphatic carbocycles. The van der Waals surface area contributed by atoms with Gasteiger partial charge in [-0.1, -0.05) is 17.7 Å². The van der Waals surface area contributed by atoms with E-state index in [0.29, 0.717) is 22.4 Å². The Kier molecular flexibility index (Phi) is 4.77. The lowest BCUT2D eigenvalue weighted by Gasteiger charge is -2.24. The first kappa shape index (κ1) is 15.0. The molecule has 1 fully saturated rings. The summed E-state index contributed by atoms with van der Waals surface area (Å²) in [4.78, 5) is 24.7. The van der Waals surface area contributed by atoms with Gasteiger partial charge in [0.1, 0.15) is 11.8 Å². The Hall–Kier alpha value is -1.40. The number of ether oxygens (including phenoxy) is 1. The van der Waals surface area contributed by atoms with E-state index in [1.54, 1.807) is 31.2 Å². The smallest absolute Gasteiger partial charge is 0.327 e. The van der Waals surface area contributed by atoms with Crippen LogP contribution in [0, 0.1) is 0 Å². The number of hydrogen-bond donors (Lipinski definition) is 1. The highest BCUT2D eigenvalue weighted by molar-refractivity contribution is 7.99. The molecule has 1 aromatic rings. The fourth-order valence-electron chi connectivity index (χ4n) is 1.89. The maximum atomic E-state index is 12.2. The third-order valence-corrected chi connectivity index (χ3v) is 4.15. The molecule has 5 nitrogen and oxygen atoms in total. The van der Waals surface area contributed by atoms with Crippen LogP contribution < -0.4 is 4.74 Å². The van der Waals surface area contributed by atoms with Gasteiger partial charge in [-0.2, -0.15) is 0 Å². The van der Waals surface area contributed by atoms with Crippen LogP contribution in [0.4, 0.5) is 0 Å². The lowest BCUT2D eigenvalue weighted by atomic mass is 10.2. The van der Waals surface area contributed by atoms with Crippen LogP contribution in [0.1, 0.15) is 6.92 Å². The van der Waals surface area contributed by atoms with Crippen LogP contribution in [0.3, 0.4) is 0 Å². The summed E-state index contributed by atoms with van der Waals surface area (Å²) in [6, 6.07) is 5.96. The monoisotopic (exact) mass is 315 g/mol. The maximum absolute atomic E-state index is 12.2. The summed E-state index contributed by atoms with van der Waals surface area (Å²) in [6.07, 6.45) is -0.756. The molecule has 0 aromatic heterocycles. The van der Waals surface area contributed by atoms with E-state index in [-0.39, 0.29) is 5.91 Å². The number of rotatable bonds is 4. The van der Waals surface area contributed by atoms with Crippen molar-refractivity contribution in [2.45, 2.75) is 19.1 Å². The number of hydrogen-bond acceptors (Lipinski definition) is 4. The van der Waals surface area contributed by atoms with Crippen molar-refractivity contribution in [2.24, 2.45) is 0 Å². The summed E-state index contributed by atoms with van der Waals surface area (Å²) >= 11 is 7.26. The van der Waals surface area contributed by atoms with Crippen molar-refractivity contribution in [2.75, 3.05) is 11.6 Å². The quantitative estimate of drug-likeness (QED) is 0.921. The first-order chi connectivity index (χ1) is 9.49. The minimum absolute atomic E-state index is 0.331. The van der Waals surface area contributed by atoms with Gasteiger partial charge in [0, 0.05) is 10.8 Å². The molecule has 1 unspecified atom stereocenters. The second-order valence-electron chi connectivity index (χ2n) is 4.38. The molecule has 0 radical (unpaired) electrons. The number of halogens is 1. The van der Waals surface area contributed by atoms with E-state index in [2.05, 4.69) is 0 Å². The molecule has 2 atom stereocenters. The number of carboxylic acids is 1. The highest BCUT2D eigenvalue weighted by Gasteiger charge is 2.37. The van der Waals surface area contributed by atoms with Gasteiger partial charge in [0.05, 0.1) is 5.88 Å². The summed E-state index contributed by atoms with van der Waals surface area (Å²) in [5.41, 5.74) is 0. The van der Waals surface area contributed by atoms with E-state index in [1.807, 2.05) is 0 Å². The average Bonchev–Trinajstić information content (AvgIpc) is 2.87. The summed E-state index contributed by atoms with van der Waals surface area (Å²) in [7, 11) is 0. The molecule has 1 aromatic carbocycles. The fraction of sp³-hybridized carbons (Fsp3) is 0.385. The summed E-state index contributed by atoms with van der Waals surface area (Å²) in [5, 5.41) is 9.59. The standard InChI is InChI=1S/C13H14ClNO4S/c1-8(19-10-4-2-3-9(14)5-10)12(16)15-7-20-6-11(15)13(17)18/h2-5,8,11H,6-7H2,1H3,(H,17,18)/t8?,11-/m0/s1. The molecule has 1 N–H and O–H groups in total. The van der Waals surface area contributed by atoms with Gasteiger partial charge in [-0.05, 0) is 25.1 Å². The summed E-state index contributed by atoms with van der Waals surface area (Å²) < 4.78 is 5.52. The van der Waals surface area contributed by atoms with E-state index in [1.165, 1.54) is 16.7 Å². The predicted octanol–water partition coefficient (Wildman–Crippen LogP) is 2.09. The highest BCUT2D eigenvalue weighted by atomic mass is 35.5. The molecule has 20 heavy (non-hydrogen) atoms. The van der Waals surface area contributed by atoms with Crippen molar-refractivity contribution in [3.63, 3.8) is 0 Å². The minimum Gasteiger partial charge on any atom is -0.481 e. The lowest BCUT2D eigenvalue weighted by Crippen LogP contribution is -2.47. The maximum Gasteiger partial charge on any atom is 0.327 e. The number of carboxylic acid groups (broad SMARTS) is 1. The van der Waals surface area contributed by atoms with E-state index < -0.39 is 18.1 Å². The molecule has 1 amide bonds. The van der Waals surface area contributed by atoms with Crippen LogP contribution in [0.2, 0.25) is 5.02 Å². The molecule has 0 saturated carbocycles.